The number of benzene rings is 1. The van der Waals surface area contributed by atoms with Crippen molar-refractivity contribution in [3.63, 3.8) is 0 Å². The standard InChI is InChI=1S/C17H18N4O2S2/c1-4-23-12-5-6-13-14(8-12)25-17(20-13)24-9-15(22)21-16-18-10(2)7-11(3)19-16/h5-8H,4,9H2,1-3H3,(H,18,19,21,22). The zero-order valence-electron chi connectivity index (χ0n) is 14.2. The van der Waals surface area contributed by atoms with Crippen molar-refractivity contribution >= 4 is 45.2 Å². The summed E-state index contributed by atoms with van der Waals surface area (Å²) in [6, 6.07) is 7.68. The molecule has 0 bridgehead atoms. The quantitative estimate of drug-likeness (QED) is 0.661. The van der Waals surface area contributed by atoms with Gasteiger partial charge >= 0.3 is 0 Å². The third kappa shape index (κ3) is 4.67. The van der Waals surface area contributed by atoms with Crippen molar-refractivity contribution in [2.45, 2.75) is 25.1 Å². The Morgan fingerprint density at radius 2 is 1.96 bits per heavy atom. The summed E-state index contributed by atoms with van der Waals surface area (Å²) >= 11 is 2.95. The average molecular weight is 374 g/mol. The number of carbonyl (C=O) groups is 1. The van der Waals surface area contributed by atoms with Gasteiger partial charge in [-0.15, -0.1) is 11.3 Å². The first-order valence-corrected chi connectivity index (χ1v) is 9.62. The average Bonchev–Trinajstić information content (AvgIpc) is 2.94. The maximum Gasteiger partial charge on any atom is 0.237 e. The van der Waals surface area contributed by atoms with Crippen molar-refractivity contribution in [2.24, 2.45) is 0 Å². The Balaban J connectivity index is 1.62. The fraction of sp³-hybridized carbons (Fsp3) is 0.294. The molecule has 3 aromatic rings. The van der Waals surface area contributed by atoms with E-state index < -0.39 is 0 Å². The van der Waals surface area contributed by atoms with Crippen LogP contribution in [-0.4, -0.2) is 33.2 Å². The van der Waals surface area contributed by atoms with Gasteiger partial charge in [0.25, 0.3) is 0 Å². The summed E-state index contributed by atoms with van der Waals surface area (Å²) in [4.78, 5) is 25.1. The molecule has 0 saturated carbocycles. The molecule has 2 heterocycles. The van der Waals surface area contributed by atoms with Gasteiger partial charge in [-0.05, 0) is 45.0 Å². The first-order chi connectivity index (χ1) is 12.0. The molecule has 0 fully saturated rings. The minimum absolute atomic E-state index is 0.149. The van der Waals surface area contributed by atoms with Crippen LogP contribution in [0, 0.1) is 13.8 Å². The molecule has 0 aliphatic rings. The van der Waals surface area contributed by atoms with Gasteiger partial charge in [-0.2, -0.15) is 0 Å². The van der Waals surface area contributed by atoms with Gasteiger partial charge < -0.3 is 4.74 Å². The van der Waals surface area contributed by atoms with Crippen LogP contribution in [0.25, 0.3) is 10.2 Å². The van der Waals surface area contributed by atoms with Crippen LogP contribution < -0.4 is 10.1 Å². The highest BCUT2D eigenvalue weighted by Gasteiger charge is 2.10. The van der Waals surface area contributed by atoms with Crippen molar-refractivity contribution in [1.29, 1.82) is 0 Å². The fourth-order valence-electron chi connectivity index (χ4n) is 2.27. The highest BCUT2D eigenvalue weighted by Crippen LogP contribution is 2.31. The van der Waals surface area contributed by atoms with Crippen LogP contribution in [-0.2, 0) is 4.79 Å². The number of nitrogens with zero attached hydrogens (tertiary/aromatic N) is 3. The minimum Gasteiger partial charge on any atom is -0.494 e. The molecule has 130 valence electrons. The number of thiazole rings is 1. The molecule has 0 unspecified atom stereocenters. The number of thioether (sulfide) groups is 1. The monoisotopic (exact) mass is 374 g/mol. The lowest BCUT2D eigenvalue weighted by atomic mass is 10.3. The normalized spacial score (nSPS) is 10.8. The van der Waals surface area contributed by atoms with E-state index in [9.17, 15) is 4.79 Å². The van der Waals surface area contributed by atoms with E-state index in [4.69, 9.17) is 4.74 Å². The van der Waals surface area contributed by atoms with E-state index in [1.54, 1.807) is 11.3 Å². The van der Waals surface area contributed by atoms with E-state index in [0.717, 1.165) is 31.7 Å². The Morgan fingerprint density at radius 3 is 2.68 bits per heavy atom. The molecule has 25 heavy (non-hydrogen) atoms. The number of aryl methyl sites for hydroxylation is 2. The first-order valence-electron chi connectivity index (χ1n) is 7.82. The number of anilines is 1. The van der Waals surface area contributed by atoms with Gasteiger partial charge in [0.1, 0.15) is 5.75 Å². The van der Waals surface area contributed by atoms with Crippen molar-refractivity contribution in [3.05, 3.63) is 35.7 Å². The van der Waals surface area contributed by atoms with Crippen LogP contribution in [0.2, 0.25) is 0 Å². The van der Waals surface area contributed by atoms with Gasteiger partial charge in [0, 0.05) is 11.4 Å². The Hall–Kier alpha value is -2.19. The van der Waals surface area contributed by atoms with Gasteiger partial charge in [0.15, 0.2) is 4.34 Å². The summed E-state index contributed by atoms with van der Waals surface area (Å²) in [5, 5.41) is 2.73. The number of hydrogen-bond acceptors (Lipinski definition) is 7. The lowest BCUT2D eigenvalue weighted by Gasteiger charge is -2.04. The molecule has 1 amide bonds. The van der Waals surface area contributed by atoms with E-state index >= 15 is 0 Å². The first kappa shape index (κ1) is 17.6. The highest BCUT2D eigenvalue weighted by molar-refractivity contribution is 8.01. The molecule has 3 rings (SSSR count). The Labute approximate surface area is 154 Å². The lowest BCUT2D eigenvalue weighted by molar-refractivity contribution is -0.113. The van der Waals surface area contributed by atoms with Crippen molar-refractivity contribution in [2.75, 3.05) is 17.7 Å². The third-order valence-corrected chi connectivity index (χ3v) is 5.37. The second-order valence-electron chi connectivity index (χ2n) is 5.35. The summed E-state index contributed by atoms with van der Waals surface area (Å²) < 4.78 is 7.40. The zero-order valence-corrected chi connectivity index (χ0v) is 15.8. The molecule has 1 N–H and O–H groups in total. The van der Waals surface area contributed by atoms with Crippen molar-refractivity contribution in [1.82, 2.24) is 15.0 Å². The zero-order chi connectivity index (χ0) is 17.8. The van der Waals surface area contributed by atoms with E-state index in [1.807, 2.05) is 45.0 Å². The molecular formula is C17H18N4O2S2. The Kier molecular flexibility index (Phi) is 5.50. The number of carbonyl (C=O) groups excluding carboxylic acids is 1. The number of amides is 1. The number of aromatic nitrogens is 3. The van der Waals surface area contributed by atoms with Gasteiger partial charge in [-0.3, -0.25) is 10.1 Å². The molecule has 0 radical (unpaired) electrons. The van der Waals surface area contributed by atoms with Crippen LogP contribution in [0.4, 0.5) is 5.95 Å². The van der Waals surface area contributed by atoms with Crippen molar-refractivity contribution < 1.29 is 9.53 Å². The Morgan fingerprint density at radius 1 is 1.20 bits per heavy atom. The summed E-state index contributed by atoms with van der Waals surface area (Å²) in [5.74, 6) is 1.28. The molecule has 0 spiro atoms. The maximum absolute atomic E-state index is 12.1. The number of hydrogen-bond donors (Lipinski definition) is 1. The van der Waals surface area contributed by atoms with Crippen LogP contribution in [0.1, 0.15) is 18.3 Å². The SMILES string of the molecule is CCOc1ccc2nc(SCC(=O)Nc3nc(C)cc(C)n3)sc2c1. The largest absolute Gasteiger partial charge is 0.494 e. The maximum atomic E-state index is 12.1. The second kappa shape index (κ2) is 7.79. The number of rotatable bonds is 6. The van der Waals surface area contributed by atoms with Gasteiger partial charge in [0.2, 0.25) is 11.9 Å². The molecular weight excluding hydrogens is 356 g/mol. The van der Waals surface area contributed by atoms with Crippen LogP contribution in [0.3, 0.4) is 0 Å². The van der Waals surface area contributed by atoms with E-state index in [-0.39, 0.29) is 11.7 Å². The summed E-state index contributed by atoms with van der Waals surface area (Å²) in [6.07, 6.45) is 0. The summed E-state index contributed by atoms with van der Waals surface area (Å²) in [7, 11) is 0. The predicted molar refractivity (Wildman–Crippen MR) is 102 cm³/mol. The molecule has 0 aliphatic heterocycles. The van der Waals surface area contributed by atoms with Crippen LogP contribution in [0.15, 0.2) is 28.6 Å². The Bertz CT molecular complexity index is 891. The molecule has 0 atom stereocenters. The smallest absolute Gasteiger partial charge is 0.237 e. The highest BCUT2D eigenvalue weighted by atomic mass is 32.2. The fourth-order valence-corrected chi connectivity index (χ4v) is 4.17. The van der Waals surface area contributed by atoms with E-state index in [0.29, 0.717) is 12.6 Å². The number of ether oxygens (including phenoxy) is 1. The van der Waals surface area contributed by atoms with E-state index in [1.165, 1.54) is 11.8 Å². The molecule has 0 aliphatic carbocycles. The van der Waals surface area contributed by atoms with Crippen LogP contribution in [0.5, 0.6) is 5.75 Å². The lowest BCUT2D eigenvalue weighted by Crippen LogP contribution is -2.16. The minimum atomic E-state index is -0.149. The number of nitrogens with one attached hydrogen (secondary N) is 1. The molecule has 1 aromatic carbocycles. The molecule has 0 saturated heterocycles. The second-order valence-corrected chi connectivity index (χ2v) is 7.61. The molecule has 2 aromatic heterocycles. The van der Waals surface area contributed by atoms with Crippen LogP contribution >= 0.6 is 23.1 Å². The van der Waals surface area contributed by atoms with E-state index in [2.05, 4.69) is 20.3 Å². The van der Waals surface area contributed by atoms with Crippen molar-refractivity contribution in [3.8, 4) is 5.75 Å². The topological polar surface area (TPSA) is 77.0 Å². The molecule has 8 heteroatoms. The third-order valence-electron chi connectivity index (χ3n) is 3.21. The summed E-state index contributed by atoms with van der Waals surface area (Å²) in [6.45, 7) is 6.33. The van der Waals surface area contributed by atoms with Gasteiger partial charge in [-0.1, -0.05) is 11.8 Å². The predicted octanol–water partition coefficient (Wildman–Crippen LogP) is 3.83. The van der Waals surface area contributed by atoms with Gasteiger partial charge in [0.05, 0.1) is 22.6 Å². The van der Waals surface area contributed by atoms with Gasteiger partial charge in [-0.25, -0.2) is 15.0 Å². The molecule has 6 nitrogen and oxygen atoms in total. The summed E-state index contributed by atoms with van der Waals surface area (Å²) in [5.41, 5.74) is 2.56. The number of fused-ring (bicyclic) bond motifs is 1.